The van der Waals surface area contributed by atoms with Crippen LogP contribution in [-0.2, 0) is 14.6 Å². The van der Waals surface area contributed by atoms with Crippen molar-refractivity contribution in [3.63, 3.8) is 0 Å². The summed E-state index contributed by atoms with van der Waals surface area (Å²) in [5.74, 6) is -1.51. The third-order valence-corrected chi connectivity index (χ3v) is 5.11. The first-order valence-electron chi connectivity index (χ1n) is 5.61. The number of aryl methyl sites for hydroxylation is 1. The predicted octanol–water partition coefficient (Wildman–Crippen LogP) is 2.23. The molecule has 0 aromatic heterocycles. The first kappa shape index (κ1) is 12.8. The van der Waals surface area contributed by atoms with Crippen molar-refractivity contribution in [2.45, 2.75) is 25.2 Å². The number of hydrogen-bond acceptors (Lipinski definition) is 3. The van der Waals surface area contributed by atoms with Crippen molar-refractivity contribution in [3.8, 4) is 0 Å². The van der Waals surface area contributed by atoms with Gasteiger partial charge in [0.15, 0.2) is 0 Å². The molecule has 1 atom stereocenters. The standard InChI is InChI=1S/C13H14O4S/c1-8-3-4-10-7-11(9(2)6-13(14)15)18(16,17)12(10)5-8/h3-5,7,9H,6H2,1-2H3,(H,14,15). The number of carboxylic acids is 1. The fraction of sp³-hybridized carbons (Fsp3) is 0.308. The Hall–Kier alpha value is -1.62. The van der Waals surface area contributed by atoms with Gasteiger partial charge in [-0.15, -0.1) is 0 Å². The smallest absolute Gasteiger partial charge is 0.303 e. The molecule has 0 saturated heterocycles. The van der Waals surface area contributed by atoms with E-state index < -0.39 is 21.7 Å². The van der Waals surface area contributed by atoms with E-state index in [1.807, 2.05) is 13.0 Å². The Balaban J connectivity index is 2.47. The minimum absolute atomic E-state index is 0.183. The maximum absolute atomic E-state index is 12.3. The van der Waals surface area contributed by atoms with E-state index in [0.29, 0.717) is 5.56 Å². The Labute approximate surface area is 106 Å². The van der Waals surface area contributed by atoms with Crippen molar-refractivity contribution in [1.29, 1.82) is 0 Å². The van der Waals surface area contributed by atoms with Crippen LogP contribution >= 0.6 is 0 Å². The lowest BCUT2D eigenvalue weighted by Crippen LogP contribution is -2.12. The molecule has 0 spiro atoms. The fourth-order valence-electron chi connectivity index (χ4n) is 2.12. The number of hydrogen-bond donors (Lipinski definition) is 1. The van der Waals surface area contributed by atoms with Gasteiger partial charge in [0, 0.05) is 5.92 Å². The van der Waals surface area contributed by atoms with Crippen LogP contribution in [0.4, 0.5) is 0 Å². The fourth-order valence-corrected chi connectivity index (χ4v) is 4.05. The molecule has 0 bridgehead atoms. The summed E-state index contributed by atoms with van der Waals surface area (Å²) in [6.45, 7) is 3.45. The molecule has 18 heavy (non-hydrogen) atoms. The van der Waals surface area contributed by atoms with E-state index in [4.69, 9.17) is 5.11 Å². The second-order valence-electron chi connectivity index (χ2n) is 4.59. The lowest BCUT2D eigenvalue weighted by atomic mass is 10.1. The van der Waals surface area contributed by atoms with Crippen molar-refractivity contribution in [2.24, 2.45) is 5.92 Å². The van der Waals surface area contributed by atoms with Crippen LogP contribution in [0.2, 0.25) is 0 Å². The molecule has 96 valence electrons. The average Bonchev–Trinajstić information content (AvgIpc) is 2.50. The average molecular weight is 266 g/mol. The molecule has 1 heterocycles. The highest BCUT2D eigenvalue weighted by Crippen LogP contribution is 2.38. The van der Waals surface area contributed by atoms with Crippen LogP contribution in [0.5, 0.6) is 0 Å². The molecule has 1 aromatic carbocycles. The summed E-state index contributed by atoms with van der Waals surface area (Å²) in [7, 11) is -3.52. The third kappa shape index (κ3) is 2.06. The Morgan fingerprint density at radius 3 is 2.67 bits per heavy atom. The van der Waals surface area contributed by atoms with Gasteiger partial charge in [0.05, 0.1) is 16.2 Å². The largest absolute Gasteiger partial charge is 0.481 e. The monoisotopic (exact) mass is 266 g/mol. The van der Waals surface area contributed by atoms with E-state index in [0.717, 1.165) is 5.56 Å². The van der Waals surface area contributed by atoms with E-state index in [9.17, 15) is 13.2 Å². The van der Waals surface area contributed by atoms with Crippen LogP contribution in [0.3, 0.4) is 0 Å². The molecule has 0 saturated carbocycles. The SMILES string of the molecule is Cc1ccc2c(c1)S(=O)(=O)C(C(C)CC(=O)O)=C2. The highest BCUT2D eigenvalue weighted by molar-refractivity contribution is 7.95. The first-order chi connectivity index (χ1) is 8.32. The number of carbonyl (C=O) groups is 1. The molecule has 5 heteroatoms. The van der Waals surface area contributed by atoms with E-state index in [1.165, 1.54) is 0 Å². The van der Waals surface area contributed by atoms with E-state index in [1.54, 1.807) is 25.1 Å². The van der Waals surface area contributed by atoms with Gasteiger partial charge >= 0.3 is 5.97 Å². The zero-order valence-corrected chi connectivity index (χ0v) is 11.0. The van der Waals surface area contributed by atoms with Gasteiger partial charge in [-0.25, -0.2) is 8.42 Å². The van der Waals surface area contributed by atoms with Crippen molar-refractivity contribution in [2.75, 3.05) is 0 Å². The molecule has 0 fully saturated rings. The van der Waals surface area contributed by atoms with Gasteiger partial charge in [0.25, 0.3) is 0 Å². The molecule has 1 aliphatic rings. The second-order valence-corrected chi connectivity index (χ2v) is 6.51. The molecule has 0 aliphatic carbocycles. The van der Waals surface area contributed by atoms with Gasteiger partial charge in [-0.1, -0.05) is 19.1 Å². The van der Waals surface area contributed by atoms with Gasteiger partial charge in [-0.05, 0) is 30.2 Å². The molecule has 1 unspecified atom stereocenters. The molecule has 0 radical (unpaired) electrons. The molecule has 0 amide bonds. The molecular formula is C13H14O4S. The maximum Gasteiger partial charge on any atom is 0.303 e. The van der Waals surface area contributed by atoms with Crippen molar-refractivity contribution in [3.05, 3.63) is 34.2 Å². The first-order valence-corrected chi connectivity index (χ1v) is 7.10. The summed E-state index contributed by atoms with van der Waals surface area (Å²) < 4.78 is 24.6. The van der Waals surface area contributed by atoms with Crippen molar-refractivity contribution >= 4 is 21.9 Å². The Morgan fingerprint density at radius 2 is 2.06 bits per heavy atom. The highest BCUT2D eigenvalue weighted by atomic mass is 32.2. The predicted molar refractivity (Wildman–Crippen MR) is 67.8 cm³/mol. The molecule has 1 aliphatic heterocycles. The Kier molecular flexibility index (Phi) is 3.02. The van der Waals surface area contributed by atoms with Gasteiger partial charge in [0.2, 0.25) is 9.84 Å². The normalized spacial score (nSPS) is 18.0. The minimum Gasteiger partial charge on any atom is -0.481 e. The molecule has 1 N–H and O–H groups in total. The lowest BCUT2D eigenvalue weighted by Gasteiger charge is -2.10. The van der Waals surface area contributed by atoms with Crippen LogP contribution < -0.4 is 0 Å². The summed E-state index contributed by atoms with van der Waals surface area (Å²) in [4.78, 5) is 11.2. The zero-order valence-electron chi connectivity index (χ0n) is 10.2. The summed E-state index contributed by atoms with van der Waals surface area (Å²) in [5, 5.41) is 8.75. The van der Waals surface area contributed by atoms with Gasteiger partial charge in [-0.3, -0.25) is 4.79 Å². The molecule has 4 nitrogen and oxygen atoms in total. The van der Waals surface area contributed by atoms with Crippen molar-refractivity contribution < 1.29 is 18.3 Å². The molecule has 2 rings (SSSR count). The van der Waals surface area contributed by atoms with Crippen LogP contribution in [0.15, 0.2) is 28.0 Å². The summed E-state index contributed by atoms with van der Waals surface area (Å²) in [6, 6.07) is 5.22. The Bertz CT molecular complexity index is 641. The number of aliphatic carboxylic acids is 1. The van der Waals surface area contributed by atoms with Gasteiger partial charge in [0.1, 0.15) is 0 Å². The lowest BCUT2D eigenvalue weighted by molar-refractivity contribution is -0.137. The number of carboxylic acid groups (broad SMARTS) is 1. The van der Waals surface area contributed by atoms with Gasteiger partial charge in [-0.2, -0.15) is 0 Å². The number of rotatable bonds is 3. The van der Waals surface area contributed by atoms with Crippen LogP contribution in [0, 0.1) is 12.8 Å². The number of sulfone groups is 1. The topological polar surface area (TPSA) is 71.4 Å². The summed E-state index contributed by atoms with van der Waals surface area (Å²) in [6.07, 6.45) is 1.40. The highest BCUT2D eigenvalue weighted by Gasteiger charge is 2.33. The Morgan fingerprint density at radius 1 is 1.39 bits per heavy atom. The van der Waals surface area contributed by atoms with Crippen molar-refractivity contribution in [1.82, 2.24) is 0 Å². The van der Waals surface area contributed by atoms with Crippen LogP contribution in [0.1, 0.15) is 24.5 Å². The number of fused-ring (bicyclic) bond motifs is 1. The van der Waals surface area contributed by atoms with E-state index in [2.05, 4.69) is 0 Å². The maximum atomic E-state index is 12.3. The number of allylic oxidation sites excluding steroid dienone is 1. The zero-order chi connectivity index (χ0) is 13.5. The molecular weight excluding hydrogens is 252 g/mol. The van der Waals surface area contributed by atoms with Gasteiger partial charge < -0.3 is 5.11 Å². The molecule has 1 aromatic rings. The van der Waals surface area contributed by atoms with Crippen LogP contribution in [0.25, 0.3) is 6.08 Å². The second kappa shape index (κ2) is 4.24. The minimum atomic E-state index is -3.52. The van der Waals surface area contributed by atoms with E-state index in [-0.39, 0.29) is 16.2 Å². The summed E-state index contributed by atoms with van der Waals surface area (Å²) >= 11 is 0. The third-order valence-electron chi connectivity index (χ3n) is 3.03. The number of benzene rings is 1. The summed E-state index contributed by atoms with van der Waals surface area (Å²) in [5.41, 5.74) is 1.52. The van der Waals surface area contributed by atoms with E-state index >= 15 is 0 Å². The van der Waals surface area contributed by atoms with Crippen LogP contribution in [-0.4, -0.2) is 19.5 Å². The quantitative estimate of drug-likeness (QED) is 0.910.